The number of para-hydroxylation sites is 1. The molecule has 1 aromatic rings. The third-order valence-electron chi connectivity index (χ3n) is 3.27. The highest BCUT2D eigenvalue weighted by Crippen LogP contribution is 2.33. The van der Waals surface area contributed by atoms with Gasteiger partial charge in [0.15, 0.2) is 0 Å². The summed E-state index contributed by atoms with van der Waals surface area (Å²) in [5.74, 6) is 1.00. The topological polar surface area (TPSA) is 55.4 Å². The predicted octanol–water partition coefficient (Wildman–Crippen LogP) is 2.25. The van der Waals surface area contributed by atoms with Gasteiger partial charge in [0.1, 0.15) is 15.6 Å². The smallest absolute Gasteiger partial charge is 0.147 e. The third kappa shape index (κ3) is 4.13. The first-order valence-electron chi connectivity index (χ1n) is 6.64. The van der Waals surface area contributed by atoms with Gasteiger partial charge in [-0.05, 0) is 37.8 Å². The second kappa shape index (κ2) is 5.82. The molecule has 19 heavy (non-hydrogen) atoms. The molecule has 1 aliphatic rings. The van der Waals surface area contributed by atoms with Crippen molar-refractivity contribution < 1.29 is 13.2 Å². The quantitative estimate of drug-likeness (QED) is 0.842. The van der Waals surface area contributed by atoms with Crippen LogP contribution in [0.3, 0.4) is 0 Å². The number of rotatable bonds is 5. The highest BCUT2D eigenvalue weighted by atomic mass is 32.2. The predicted molar refractivity (Wildman–Crippen MR) is 77.7 cm³/mol. The molecule has 0 saturated carbocycles. The Labute approximate surface area is 115 Å². The molecule has 1 N–H and O–H groups in total. The number of hydrogen-bond acceptors (Lipinski definition) is 4. The van der Waals surface area contributed by atoms with E-state index in [4.69, 9.17) is 4.74 Å². The number of nitrogens with one attached hydrogen (secondary N) is 1. The minimum Gasteiger partial charge on any atom is -0.491 e. The second-order valence-corrected chi connectivity index (χ2v) is 7.47. The average molecular weight is 283 g/mol. The molecule has 0 amide bonds. The van der Waals surface area contributed by atoms with Gasteiger partial charge >= 0.3 is 0 Å². The monoisotopic (exact) mass is 283 g/mol. The van der Waals surface area contributed by atoms with Crippen LogP contribution in [0.2, 0.25) is 0 Å². The van der Waals surface area contributed by atoms with Crippen LogP contribution in [-0.2, 0) is 16.3 Å². The molecule has 0 aliphatic carbocycles. The van der Waals surface area contributed by atoms with E-state index in [-0.39, 0.29) is 5.75 Å². The van der Waals surface area contributed by atoms with Crippen molar-refractivity contribution in [2.75, 3.05) is 23.9 Å². The van der Waals surface area contributed by atoms with E-state index in [0.29, 0.717) is 19.1 Å². The summed E-state index contributed by atoms with van der Waals surface area (Å²) in [5.41, 5.74) is 2.35. The minimum absolute atomic E-state index is 0.172. The molecule has 2 rings (SSSR count). The Hall–Kier alpha value is -1.23. The van der Waals surface area contributed by atoms with Crippen molar-refractivity contribution in [1.29, 1.82) is 0 Å². The van der Waals surface area contributed by atoms with Gasteiger partial charge in [0.25, 0.3) is 0 Å². The maximum absolute atomic E-state index is 11.1. The molecule has 4 nitrogen and oxygen atoms in total. The van der Waals surface area contributed by atoms with Crippen molar-refractivity contribution in [2.24, 2.45) is 0 Å². The first-order valence-corrected chi connectivity index (χ1v) is 8.71. The molecule has 0 fully saturated rings. The summed E-state index contributed by atoms with van der Waals surface area (Å²) >= 11 is 0. The Morgan fingerprint density at radius 2 is 2.21 bits per heavy atom. The molecule has 0 saturated heterocycles. The highest BCUT2D eigenvalue weighted by molar-refractivity contribution is 7.90. The second-order valence-electron chi connectivity index (χ2n) is 5.21. The van der Waals surface area contributed by atoms with Crippen LogP contribution in [0.5, 0.6) is 5.75 Å². The summed E-state index contributed by atoms with van der Waals surface area (Å²) in [6.45, 7) is 2.59. The lowest BCUT2D eigenvalue weighted by Gasteiger charge is -2.26. The standard InChI is InChI=1S/C14H21NO3S/c1-11-7-8-12-5-3-6-13(14(12)15-11)18-9-4-10-19(2,16)17/h3,5-6,11,15H,4,7-10H2,1-2H3. The van der Waals surface area contributed by atoms with E-state index in [9.17, 15) is 8.42 Å². The van der Waals surface area contributed by atoms with Crippen molar-refractivity contribution in [3.8, 4) is 5.75 Å². The van der Waals surface area contributed by atoms with Crippen molar-refractivity contribution in [3.05, 3.63) is 23.8 Å². The van der Waals surface area contributed by atoms with Gasteiger partial charge in [-0.2, -0.15) is 0 Å². The molecule has 0 spiro atoms. The number of fused-ring (bicyclic) bond motifs is 1. The Morgan fingerprint density at radius 1 is 1.42 bits per heavy atom. The van der Waals surface area contributed by atoms with Crippen LogP contribution in [0.25, 0.3) is 0 Å². The average Bonchev–Trinajstić information content (AvgIpc) is 2.33. The SMILES string of the molecule is CC1CCc2cccc(OCCCS(C)(=O)=O)c2N1. The molecule has 0 bridgehead atoms. The summed E-state index contributed by atoms with van der Waals surface area (Å²) in [6, 6.07) is 6.48. The number of ether oxygens (including phenoxy) is 1. The number of anilines is 1. The van der Waals surface area contributed by atoms with Gasteiger partial charge in [-0.3, -0.25) is 0 Å². The Kier molecular flexibility index (Phi) is 4.34. The van der Waals surface area contributed by atoms with Gasteiger partial charge in [0.2, 0.25) is 0 Å². The molecule has 0 radical (unpaired) electrons. The first-order chi connectivity index (χ1) is 8.96. The maximum atomic E-state index is 11.1. The zero-order valence-electron chi connectivity index (χ0n) is 11.5. The number of hydrogen-bond donors (Lipinski definition) is 1. The van der Waals surface area contributed by atoms with Gasteiger partial charge in [-0.15, -0.1) is 0 Å². The van der Waals surface area contributed by atoms with E-state index >= 15 is 0 Å². The summed E-state index contributed by atoms with van der Waals surface area (Å²) in [5, 5.41) is 3.44. The molecular weight excluding hydrogens is 262 g/mol. The number of sulfone groups is 1. The molecule has 1 aromatic carbocycles. The van der Waals surface area contributed by atoms with Crippen molar-refractivity contribution in [3.63, 3.8) is 0 Å². The number of aryl methyl sites for hydroxylation is 1. The molecule has 1 atom stereocenters. The van der Waals surface area contributed by atoms with E-state index in [1.165, 1.54) is 11.8 Å². The van der Waals surface area contributed by atoms with Crippen molar-refractivity contribution >= 4 is 15.5 Å². The fourth-order valence-electron chi connectivity index (χ4n) is 2.26. The molecule has 106 valence electrons. The molecule has 1 unspecified atom stereocenters. The van der Waals surface area contributed by atoms with E-state index in [2.05, 4.69) is 18.3 Å². The van der Waals surface area contributed by atoms with Gasteiger partial charge in [-0.25, -0.2) is 8.42 Å². The van der Waals surface area contributed by atoms with Crippen LogP contribution in [0, 0.1) is 0 Å². The third-order valence-corrected chi connectivity index (χ3v) is 4.30. The van der Waals surface area contributed by atoms with E-state index < -0.39 is 9.84 Å². The summed E-state index contributed by atoms with van der Waals surface area (Å²) < 4.78 is 27.8. The number of benzene rings is 1. The lowest BCUT2D eigenvalue weighted by Crippen LogP contribution is -2.22. The van der Waals surface area contributed by atoms with Crippen LogP contribution < -0.4 is 10.1 Å². The fraction of sp³-hybridized carbons (Fsp3) is 0.571. The van der Waals surface area contributed by atoms with Crippen LogP contribution in [-0.4, -0.2) is 33.1 Å². The Bertz CT molecular complexity index is 540. The van der Waals surface area contributed by atoms with E-state index in [1.807, 2.05) is 12.1 Å². The molecule has 1 aliphatic heterocycles. The lowest BCUT2D eigenvalue weighted by molar-refractivity contribution is 0.318. The lowest BCUT2D eigenvalue weighted by atomic mass is 9.98. The fourth-order valence-corrected chi connectivity index (χ4v) is 2.91. The molecular formula is C14H21NO3S. The summed E-state index contributed by atoms with van der Waals surface area (Å²) in [7, 11) is -2.90. The van der Waals surface area contributed by atoms with Gasteiger partial charge in [0, 0.05) is 12.3 Å². The zero-order chi connectivity index (χ0) is 13.9. The molecule has 1 heterocycles. The minimum atomic E-state index is -2.90. The van der Waals surface area contributed by atoms with Crippen molar-refractivity contribution in [2.45, 2.75) is 32.2 Å². The van der Waals surface area contributed by atoms with Gasteiger partial charge in [0.05, 0.1) is 18.0 Å². The molecule has 5 heteroatoms. The van der Waals surface area contributed by atoms with Crippen LogP contribution in [0.4, 0.5) is 5.69 Å². The van der Waals surface area contributed by atoms with Crippen LogP contribution in [0.1, 0.15) is 25.3 Å². The Morgan fingerprint density at radius 3 is 2.95 bits per heavy atom. The molecule has 0 aromatic heterocycles. The van der Waals surface area contributed by atoms with Crippen molar-refractivity contribution in [1.82, 2.24) is 0 Å². The highest BCUT2D eigenvalue weighted by Gasteiger charge is 2.17. The Balaban J connectivity index is 1.97. The van der Waals surface area contributed by atoms with Gasteiger partial charge < -0.3 is 10.1 Å². The maximum Gasteiger partial charge on any atom is 0.147 e. The van der Waals surface area contributed by atoms with Gasteiger partial charge in [-0.1, -0.05) is 12.1 Å². The van der Waals surface area contributed by atoms with Crippen LogP contribution in [0.15, 0.2) is 18.2 Å². The normalized spacial score (nSPS) is 18.5. The van der Waals surface area contributed by atoms with E-state index in [1.54, 1.807) is 0 Å². The van der Waals surface area contributed by atoms with E-state index in [0.717, 1.165) is 24.3 Å². The summed E-state index contributed by atoms with van der Waals surface area (Å²) in [6.07, 6.45) is 3.97. The summed E-state index contributed by atoms with van der Waals surface area (Å²) in [4.78, 5) is 0. The first kappa shape index (κ1) is 14.2. The zero-order valence-corrected chi connectivity index (χ0v) is 12.3. The van der Waals surface area contributed by atoms with Crippen LogP contribution >= 0.6 is 0 Å². The largest absolute Gasteiger partial charge is 0.491 e.